The fourth-order valence-electron chi connectivity index (χ4n) is 4.76. The lowest BCUT2D eigenvalue weighted by Crippen LogP contribution is -2.46. The fourth-order valence-corrected chi connectivity index (χ4v) is 4.76. The van der Waals surface area contributed by atoms with Gasteiger partial charge < -0.3 is 5.32 Å². The van der Waals surface area contributed by atoms with Crippen LogP contribution in [0.25, 0.3) is 0 Å². The molecule has 0 radical (unpaired) electrons. The molecule has 1 aliphatic heterocycles. The van der Waals surface area contributed by atoms with Crippen LogP contribution in [-0.2, 0) is 20.8 Å². The number of aliphatic imine (C=N–C) groups is 1. The van der Waals surface area contributed by atoms with Crippen molar-refractivity contribution in [2.24, 2.45) is 16.8 Å². The normalized spacial score (nSPS) is 17.4. The average Bonchev–Trinajstić information content (AvgIpc) is 2.97. The lowest BCUT2D eigenvalue weighted by molar-refractivity contribution is -0.152. The van der Waals surface area contributed by atoms with E-state index in [1.807, 2.05) is 0 Å². The Bertz CT molecular complexity index is 1300. The Balaban J connectivity index is 2.02. The van der Waals surface area contributed by atoms with E-state index in [0.717, 1.165) is 13.0 Å². The van der Waals surface area contributed by atoms with Gasteiger partial charge in [0.2, 0.25) is 5.91 Å². The Hall–Kier alpha value is -3.57. The van der Waals surface area contributed by atoms with Crippen LogP contribution < -0.4 is 5.32 Å². The predicted molar refractivity (Wildman–Crippen MR) is 132 cm³/mol. The van der Waals surface area contributed by atoms with Gasteiger partial charge in [0.05, 0.1) is 5.71 Å². The molecule has 0 aliphatic carbocycles. The van der Waals surface area contributed by atoms with Crippen LogP contribution in [0.15, 0.2) is 47.5 Å². The molecule has 2 aromatic carbocycles. The van der Waals surface area contributed by atoms with Crippen molar-refractivity contribution in [2.75, 3.05) is 0 Å². The molecule has 1 amide bonds. The summed E-state index contributed by atoms with van der Waals surface area (Å²) in [7, 11) is 0. The summed E-state index contributed by atoms with van der Waals surface area (Å²) in [6.45, 7) is 2.64. The largest absolute Gasteiger partial charge is 0.389 e. The standard InChI is InChI=1S/C28H27F7N2O3/c1-15-5-3-8-20-22(15)14-23(39)25(36-24(20)17-6-4-7-18(29)13-17)37-26(40)21(10-12-28(33,34)35)19(16(2)38)9-11-27(30,31)32/h3-8,13,19,21,25H,9-12,14H2,1-2H3,(H,37,40)/t19-,21-,25-/m1/s1. The Morgan fingerprint density at radius 3 is 2.15 bits per heavy atom. The zero-order chi connectivity index (χ0) is 29.8. The number of ketones is 2. The highest BCUT2D eigenvalue weighted by atomic mass is 19.4. The number of carbonyl (C=O) groups is 3. The topological polar surface area (TPSA) is 75.6 Å². The summed E-state index contributed by atoms with van der Waals surface area (Å²) in [4.78, 5) is 43.1. The number of hydrogen-bond donors (Lipinski definition) is 1. The maximum absolute atomic E-state index is 14.1. The summed E-state index contributed by atoms with van der Waals surface area (Å²) in [6.07, 6.45) is -16.2. The Kier molecular flexibility index (Phi) is 9.52. The molecule has 0 saturated heterocycles. The Labute approximate surface area is 225 Å². The van der Waals surface area contributed by atoms with Crippen molar-refractivity contribution < 1.29 is 45.1 Å². The molecule has 0 saturated carbocycles. The van der Waals surface area contributed by atoms with Gasteiger partial charge in [0, 0.05) is 42.2 Å². The molecule has 3 rings (SSSR count). The van der Waals surface area contributed by atoms with E-state index >= 15 is 0 Å². The first-order valence-electron chi connectivity index (χ1n) is 12.5. The number of rotatable bonds is 9. The van der Waals surface area contributed by atoms with Crippen LogP contribution in [0.1, 0.15) is 54.9 Å². The van der Waals surface area contributed by atoms with E-state index in [9.17, 15) is 45.1 Å². The molecule has 0 bridgehead atoms. The van der Waals surface area contributed by atoms with Gasteiger partial charge in [-0.3, -0.25) is 19.4 Å². The fraction of sp³-hybridized carbons (Fsp3) is 0.429. The van der Waals surface area contributed by atoms with Gasteiger partial charge in [-0.25, -0.2) is 4.39 Å². The predicted octanol–water partition coefficient (Wildman–Crippen LogP) is 6.05. The Morgan fingerprint density at radius 1 is 0.975 bits per heavy atom. The molecule has 0 fully saturated rings. The minimum absolute atomic E-state index is 0.140. The highest BCUT2D eigenvalue weighted by molar-refractivity contribution is 6.16. The number of carbonyl (C=O) groups excluding carboxylic acids is 3. The summed E-state index contributed by atoms with van der Waals surface area (Å²) in [5.41, 5.74) is 2.14. The van der Waals surface area contributed by atoms with Gasteiger partial charge in [-0.2, -0.15) is 26.3 Å². The smallest absolute Gasteiger partial charge is 0.328 e. The van der Waals surface area contributed by atoms with Crippen LogP contribution in [0, 0.1) is 24.6 Å². The summed E-state index contributed by atoms with van der Waals surface area (Å²) < 4.78 is 91.9. The zero-order valence-corrected chi connectivity index (χ0v) is 21.6. The molecular formula is C28H27F7N2O3. The van der Waals surface area contributed by atoms with Crippen molar-refractivity contribution in [3.8, 4) is 0 Å². The van der Waals surface area contributed by atoms with Crippen LogP contribution in [0.2, 0.25) is 0 Å². The highest BCUT2D eigenvalue weighted by Gasteiger charge is 2.40. The third-order valence-corrected chi connectivity index (χ3v) is 6.78. The van der Waals surface area contributed by atoms with Crippen molar-refractivity contribution in [1.82, 2.24) is 5.32 Å². The van der Waals surface area contributed by atoms with Gasteiger partial charge >= 0.3 is 12.4 Å². The quantitative estimate of drug-likeness (QED) is 0.372. The van der Waals surface area contributed by atoms with Gasteiger partial charge in [-0.1, -0.05) is 30.3 Å². The van der Waals surface area contributed by atoms with E-state index < -0.39 is 79.3 Å². The second-order valence-corrected chi connectivity index (χ2v) is 9.77. The number of aryl methyl sites for hydroxylation is 1. The van der Waals surface area contributed by atoms with Gasteiger partial charge in [0.25, 0.3) is 0 Å². The molecule has 1 N–H and O–H groups in total. The van der Waals surface area contributed by atoms with E-state index in [-0.39, 0.29) is 17.7 Å². The third kappa shape index (κ3) is 8.22. The number of amides is 1. The summed E-state index contributed by atoms with van der Waals surface area (Å²) in [5.74, 6) is -6.79. The lowest BCUT2D eigenvalue weighted by Gasteiger charge is -2.26. The maximum Gasteiger partial charge on any atom is 0.389 e. The minimum atomic E-state index is -4.75. The molecule has 12 heteroatoms. The summed E-state index contributed by atoms with van der Waals surface area (Å²) in [6, 6.07) is 10.4. The van der Waals surface area contributed by atoms with E-state index in [1.165, 1.54) is 18.2 Å². The number of halogens is 7. The number of alkyl halides is 6. The van der Waals surface area contributed by atoms with E-state index in [4.69, 9.17) is 0 Å². The molecule has 1 heterocycles. The number of benzene rings is 2. The number of nitrogens with one attached hydrogen (secondary N) is 1. The molecule has 40 heavy (non-hydrogen) atoms. The molecule has 3 atom stereocenters. The first-order chi connectivity index (χ1) is 18.6. The van der Waals surface area contributed by atoms with Crippen molar-refractivity contribution in [3.05, 3.63) is 70.5 Å². The van der Waals surface area contributed by atoms with Crippen LogP contribution in [0.5, 0.6) is 0 Å². The van der Waals surface area contributed by atoms with Gasteiger partial charge in [-0.15, -0.1) is 0 Å². The van der Waals surface area contributed by atoms with E-state index in [0.29, 0.717) is 16.7 Å². The maximum atomic E-state index is 14.1. The van der Waals surface area contributed by atoms with Crippen LogP contribution in [0.3, 0.4) is 0 Å². The van der Waals surface area contributed by atoms with Crippen LogP contribution in [0.4, 0.5) is 30.7 Å². The van der Waals surface area contributed by atoms with Gasteiger partial charge in [0.15, 0.2) is 11.9 Å². The van der Waals surface area contributed by atoms with Crippen molar-refractivity contribution in [2.45, 2.75) is 64.5 Å². The van der Waals surface area contributed by atoms with E-state index in [2.05, 4.69) is 10.3 Å². The van der Waals surface area contributed by atoms with Crippen molar-refractivity contribution in [1.29, 1.82) is 0 Å². The molecule has 1 aliphatic rings. The monoisotopic (exact) mass is 572 g/mol. The van der Waals surface area contributed by atoms with E-state index in [1.54, 1.807) is 25.1 Å². The van der Waals surface area contributed by atoms with Crippen molar-refractivity contribution in [3.63, 3.8) is 0 Å². The first-order valence-corrected chi connectivity index (χ1v) is 12.5. The highest BCUT2D eigenvalue weighted by Crippen LogP contribution is 2.33. The molecule has 0 unspecified atom stereocenters. The summed E-state index contributed by atoms with van der Waals surface area (Å²) in [5, 5.41) is 2.28. The minimum Gasteiger partial charge on any atom is -0.328 e. The SMILES string of the molecule is CC(=O)[C@@H](CCC(F)(F)F)[C@@H](CCC(F)(F)F)C(=O)N[C@H]1N=C(c2cccc(F)c2)c2cccc(C)c2CC1=O. The molecule has 0 spiro atoms. The number of Topliss-reactive ketones (excluding diaryl/α,β-unsaturated/α-hetero) is 2. The Morgan fingerprint density at radius 2 is 1.57 bits per heavy atom. The summed E-state index contributed by atoms with van der Waals surface area (Å²) >= 11 is 0. The number of fused-ring (bicyclic) bond motifs is 1. The molecule has 5 nitrogen and oxygen atoms in total. The van der Waals surface area contributed by atoms with Crippen LogP contribution in [-0.4, -0.2) is 41.7 Å². The zero-order valence-electron chi connectivity index (χ0n) is 21.6. The van der Waals surface area contributed by atoms with Gasteiger partial charge in [0.1, 0.15) is 11.6 Å². The molecule has 0 aromatic heterocycles. The second kappa shape index (κ2) is 12.3. The lowest BCUT2D eigenvalue weighted by atomic mass is 9.81. The van der Waals surface area contributed by atoms with Gasteiger partial charge in [-0.05, 0) is 49.9 Å². The first kappa shape index (κ1) is 31.0. The second-order valence-electron chi connectivity index (χ2n) is 9.77. The number of nitrogens with zero attached hydrogens (tertiary/aromatic N) is 1. The molecular weight excluding hydrogens is 545 g/mol. The average molecular weight is 573 g/mol. The third-order valence-electron chi connectivity index (χ3n) is 6.78. The van der Waals surface area contributed by atoms with Crippen molar-refractivity contribution >= 4 is 23.2 Å². The molecule has 2 aromatic rings. The van der Waals surface area contributed by atoms with Crippen LogP contribution >= 0.6 is 0 Å². The molecule has 216 valence electrons. The number of hydrogen-bond acceptors (Lipinski definition) is 4.